The van der Waals surface area contributed by atoms with Crippen molar-refractivity contribution in [1.29, 1.82) is 0 Å². The fraction of sp³-hybridized carbons (Fsp3) is 0.120. The van der Waals surface area contributed by atoms with Crippen LogP contribution in [0, 0.1) is 0 Å². The van der Waals surface area contributed by atoms with E-state index in [-0.39, 0.29) is 12.4 Å². The first-order chi connectivity index (χ1) is 17.7. The van der Waals surface area contributed by atoms with Gasteiger partial charge in [0, 0.05) is 11.4 Å². The lowest BCUT2D eigenvalue weighted by Crippen LogP contribution is -2.13. The van der Waals surface area contributed by atoms with Crippen molar-refractivity contribution in [3.8, 4) is 17.1 Å². The Bertz CT molecular complexity index is 1500. The summed E-state index contributed by atoms with van der Waals surface area (Å²) in [5.41, 5.74) is 2.93. The fourth-order valence-electron chi connectivity index (χ4n) is 3.50. The number of para-hydroxylation sites is 1. The van der Waals surface area contributed by atoms with Crippen LogP contribution >= 0.6 is 23.2 Å². The summed E-state index contributed by atoms with van der Waals surface area (Å²) >= 11 is 12.1. The van der Waals surface area contributed by atoms with Crippen molar-refractivity contribution in [3.05, 3.63) is 94.2 Å². The Hall–Kier alpha value is -3.57. The summed E-state index contributed by atoms with van der Waals surface area (Å²) in [6, 6.07) is 19.9. The van der Waals surface area contributed by atoms with Crippen molar-refractivity contribution in [1.82, 2.24) is 15.0 Å². The molecule has 0 spiro atoms. The molecule has 3 aromatic carbocycles. The van der Waals surface area contributed by atoms with Gasteiger partial charge in [-0.2, -0.15) is 9.35 Å². The summed E-state index contributed by atoms with van der Waals surface area (Å²) in [6.07, 6.45) is 1.46. The van der Waals surface area contributed by atoms with Crippen molar-refractivity contribution in [2.24, 2.45) is 4.36 Å². The molecule has 0 aliphatic carbocycles. The Kier molecular flexibility index (Phi) is 8.34. The molecule has 4 rings (SSSR count). The van der Waals surface area contributed by atoms with E-state index in [1.165, 1.54) is 12.6 Å². The highest BCUT2D eigenvalue weighted by Crippen LogP contribution is 2.29. The highest BCUT2D eigenvalue weighted by atomic mass is 35.5. The van der Waals surface area contributed by atoms with E-state index in [4.69, 9.17) is 33.0 Å². The number of ether oxygens (including phenoxy) is 1. The lowest BCUT2D eigenvalue weighted by atomic mass is 10.2. The highest BCUT2D eigenvalue weighted by Gasteiger charge is 2.12. The third-order valence-electron chi connectivity index (χ3n) is 5.04. The third-order valence-corrected chi connectivity index (χ3v) is 7.35. The minimum atomic E-state index is -2.98. The summed E-state index contributed by atoms with van der Waals surface area (Å²) < 4.78 is 19.8. The van der Waals surface area contributed by atoms with E-state index >= 15 is 0 Å². The number of halogens is 2. The summed E-state index contributed by atoms with van der Waals surface area (Å²) in [6.45, 7) is 0.275. The number of benzene rings is 3. The van der Waals surface area contributed by atoms with E-state index in [1.54, 1.807) is 30.3 Å². The average molecular weight is 560 g/mol. The van der Waals surface area contributed by atoms with Crippen LogP contribution in [-0.2, 0) is 22.5 Å². The fourth-order valence-corrected chi connectivity index (χ4v) is 5.14. The number of carbonyl (C=O) groups is 1. The molecule has 0 radical (unpaired) electrons. The van der Waals surface area contributed by atoms with Crippen molar-refractivity contribution >= 4 is 51.0 Å². The number of hydrogen-bond donors (Lipinski definition) is 4. The molecule has 37 heavy (non-hydrogen) atoms. The number of aromatic nitrogens is 3. The summed E-state index contributed by atoms with van der Waals surface area (Å²) in [5.74, 6) is 1.42. The molecule has 0 fully saturated rings. The number of carboxylic acid groups (broad SMARTS) is 1. The zero-order valence-electron chi connectivity index (χ0n) is 19.5. The first kappa shape index (κ1) is 26.5. The minimum absolute atomic E-state index is 0.126. The third kappa shape index (κ3) is 7.46. The van der Waals surface area contributed by atoms with Gasteiger partial charge in [-0.1, -0.05) is 63.6 Å². The van der Waals surface area contributed by atoms with Crippen LogP contribution in [0.1, 0.15) is 11.1 Å². The topological polar surface area (TPSA) is 130 Å². The monoisotopic (exact) mass is 559 g/mol. The molecule has 1 amide bonds. The van der Waals surface area contributed by atoms with Crippen LogP contribution in [0.3, 0.4) is 0 Å². The quantitative estimate of drug-likeness (QED) is 0.179. The number of nitrogens with zero attached hydrogens (tertiary/aromatic N) is 4. The maximum absolute atomic E-state index is 10.9. The van der Waals surface area contributed by atoms with E-state index in [9.17, 15) is 9.35 Å². The van der Waals surface area contributed by atoms with Gasteiger partial charge in [-0.15, -0.1) is 0 Å². The van der Waals surface area contributed by atoms with Crippen molar-refractivity contribution < 1.29 is 19.2 Å². The predicted molar refractivity (Wildman–Crippen MR) is 147 cm³/mol. The lowest BCUT2D eigenvalue weighted by Gasteiger charge is -2.17. The first-order valence-electron chi connectivity index (χ1n) is 10.9. The number of amides is 1. The molecular weight excluding hydrogens is 537 g/mol. The van der Waals surface area contributed by atoms with Crippen LogP contribution in [0.25, 0.3) is 11.4 Å². The molecule has 0 aliphatic heterocycles. The molecule has 0 aliphatic rings. The molecule has 0 atom stereocenters. The van der Waals surface area contributed by atoms with E-state index in [1.807, 2.05) is 36.4 Å². The Balaban J connectivity index is 1.52. The second-order valence-corrected chi connectivity index (χ2v) is 11.6. The van der Waals surface area contributed by atoms with Crippen LogP contribution in [-0.4, -0.2) is 37.0 Å². The van der Waals surface area contributed by atoms with Crippen molar-refractivity contribution in [2.45, 2.75) is 12.4 Å². The number of rotatable bonds is 8. The van der Waals surface area contributed by atoms with Gasteiger partial charge in [0.05, 0.1) is 15.6 Å². The van der Waals surface area contributed by atoms with Gasteiger partial charge in [0.25, 0.3) is 0 Å². The highest BCUT2D eigenvalue weighted by molar-refractivity contribution is 7.98. The number of nitrogens with one attached hydrogen (secondary N) is 1. The van der Waals surface area contributed by atoms with Crippen LogP contribution in [0.4, 0.5) is 16.4 Å². The normalized spacial score (nSPS) is 11.6. The van der Waals surface area contributed by atoms with Gasteiger partial charge in [0.2, 0.25) is 5.95 Å². The Morgan fingerprint density at radius 2 is 1.84 bits per heavy atom. The maximum atomic E-state index is 10.9. The molecule has 1 heterocycles. The van der Waals surface area contributed by atoms with Gasteiger partial charge in [-0.25, -0.2) is 14.8 Å². The van der Waals surface area contributed by atoms with Gasteiger partial charge < -0.3 is 19.7 Å². The van der Waals surface area contributed by atoms with E-state index in [0.717, 1.165) is 11.1 Å². The number of thiol groups is 1. The van der Waals surface area contributed by atoms with Crippen LogP contribution in [0.5, 0.6) is 5.75 Å². The molecule has 0 unspecified atom stereocenters. The lowest BCUT2D eigenvalue weighted by molar-refractivity contribution is 0.206. The zero-order valence-corrected chi connectivity index (χ0v) is 22.0. The molecule has 12 heteroatoms. The largest absolute Gasteiger partial charge is 0.488 e. The van der Waals surface area contributed by atoms with Crippen molar-refractivity contribution in [3.63, 3.8) is 0 Å². The smallest absolute Gasteiger partial charge is 0.437 e. The molecule has 0 saturated heterocycles. The van der Waals surface area contributed by atoms with Gasteiger partial charge in [-0.3, -0.25) is 0 Å². The van der Waals surface area contributed by atoms with E-state index < -0.39 is 16.2 Å². The standard InChI is InChI=1S/C25H23Cl2N5O4S/c1-37(35,32-25(33)34)14-17-5-4-6-18(11-17)30-24-29-15-28-23(31-24)19-7-2-3-8-22(19)36-13-16-9-10-20(26)21(27)12-16/h2-12,15,37H,13-14H2,1H3,(H,32,35)(H,33,34)(H,28,29,30,31). The average Bonchev–Trinajstić information content (AvgIpc) is 2.84. The summed E-state index contributed by atoms with van der Waals surface area (Å²) in [4.78, 5) is 23.9. The SMILES string of the molecule is C[SH](O)(Cc1cccc(Nc2ncnc(-c3ccccc3OCc3ccc(Cl)c(Cl)c3)n2)c1)=NC(=O)O. The number of anilines is 2. The molecule has 9 nitrogen and oxygen atoms in total. The van der Waals surface area contributed by atoms with Gasteiger partial charge in [-0.05, 0) is 53.8 Å². The Labute approximate surface area is 224 Å². The minimum Gasteiger partial charge on any atom is -0.488 e. The molecule has 0 saturated carbocycles. The van der Waals surface area contributed by atoms with Crippen LogP contribution in [0.15, 0.2) is 77.4 Å². The number of hydrogen-bond acceptors (Lipinski definition) is 6. The predicted octanol–water partition coefficient (Wildman–Crippen LogP) is 6.52. The molecule has 3 N–H and O–H groups in total. The van der Waals surface area contributed by atoms with E-state index in [2.05, 4.69) is 24.6 Å². The molecular formula is C25H23Cl2N5O4S. The molecule has 0 bridgehead atoms. The molecule has 4 aromatic rings. The zero-order chi connectivity index (χ0) is 26.4. The van der Waals surface area contributed by atoms with Gasteiger partial charge >= 0.3 is 6.09 Å². The molecule has 192 valence electrons. The maximum Gasteiger partial charge on any atom is 0.437 e. The second kappa shape index (κ2) is 11.7. The van der Waals surface area contributed by atoms with Crippen LogP contribution in [0.2, 0.25) is 10.0 Å². The first-order valence-corrected chi connectivity index (χ1v) is 14.0. The van der Waals surface area contributed by atoms with Gasteiger partial charge in [0.15, 0.2) is 5.82 Å². The van der Waals surface area contributed by atoms with Gasteiger partial charge in [0.1, 0.15) is 18.7 Å². The van der Waals surface area contributed by atoms with E-state index in [0.29, 0.717) is 38.8 Å². The second-order valence-electron chi connectivity index (χ2n) is 8.12. The Morgan fingerprint density at radius 3 is 2.62 bits per heavy atom. The molecule has 1 aromatic heterocycles. The summed E-state index contributed by atoms with van der Waals surface area (Å²) in [7, 11) is -2.98. The van der Waals surface area contributed by atoms with Crippen LogP contribution < -0.4 is 10.1 Å². The Morgan fingerprint density at radius 1 is 1.03 bits per heavy atom. The summed E-state index contributed by atoms with van der Waals surface area (Å²) in [5, 5.41) is 12.9. The van der Waals surface area contributed by atoms with Crippen molar-refractivity contribution in [2.75, 3.05) is 11.6 Å².